The Morgan fingerprint density at radius 2 is 1.87 bits per heavy atom. The third-order valence-electron chi connectivity index (χ3n) is 4.29. The third-order valence-corrected chi connectivity index (χ3v) is 5.97. The number of hydrogen-bond acceptors (Lipinski definition) is 3. The number of aliphatic carboxylic acids is 1. The van der Waals surface area contributed by atoms with Crippen LogP contribution in [0.25, 0.3) is 0 Å². The van der Waals surface area contributed by atoms with Crippen molar-refractivity contribution in [2.24, 2.45) is 5.92 Å². The van der Waals surface area contributed by atoms with E-state index < -0.39 is 5.97 Å². The maximum Gasteiger partial charge on any atom is 0.306 e. The van der Waals surface area contributed by atoms with E-state index in [0.717, 1.165) is 22.4 Å². The minimum atomic E-state index is -0.707. The van der Waals surface area contributed by atoms with E-state index in [2.05, 4.69) is 26.9 Å². The molecule has 3 rings (SSSR count). The summed E-state index contributed by atoms with van der Waals surface area (Å²) in [6.07, 6.45) is 1.30. The summed E-state index contributed by atoms with van der Waals surface area (Å²) in [6, 6.07) is 10.7. The molecule has 0 radical (unpaired) electrons. The number of carbonyl (C=O) groups is 1. The first-order valence-electron chi connectivity index (χ1n) is 7.52. The fraction of sp³-hybridized carbons (Fsp3) is 0.353. The fourth-order valence-electron chi connectivity index (χ4n) is 3.08. The number of carboxylic acid groups (broad SMARTS) is 1. The highest BCUT2D eigenvalue weighted by molar-refractivity contribution is 9.11. The van der Waals surface area contributed by atoms with Gasteiger partial charge in [-0.15, -0.1) is 11.3 Å². The molecular weight excluding hydrogens is 381 g/mol. The van der Waals surface area contributed by atoms with Gasteiger partial charge >= 0.3 is 5.97 Å². The number of rotatable bonds is 4. The van der Waals surface area contributed by atoms with Crippen LogP contribution in [-0.4, -0.2) is 29.1 Å². The van der Waals surface area contributed by atoms with Crippen molar-refractivity contribution in [3.63, 3.8) is 0 Å². The molecule has 1 fully saturated rings. The highest BCUT2D eigenvalue weighted by Crippen LogP contribution is 2.37. The molecule has 3 nitrogen and oxygen atoms in total. The summed E-state index contributed by atoms with van der Waals surface area (Å²) in [5.41, 5.74) is 1.04. The number of hydrogen-bond donors (Lipinski definition) is 1. The number of piperidine rings is 1. The molecule has 0 saturated carbocycles. The molecule has 0 spiro atoms. The highest BCUT2D eigenvalue weighted by Gasteiger charge is 2.30. The summed E-state index contributed by atoms with van der Waals surface area (Å²) < 4.78 is 14.3. The van der Waals surface area contributed by atoms with E-state index in [1.54, 1.807) is 11.3 Å². The van der Waals surface area contributed by atoms with Crippen LogP contribution in [0.4, 0.5) is 4.39 Å². The van der Waals surface area contributed by atoms with Gasteiger partial charge in [-0.05, 0) is 71.7 Å². The fourth-order valence-corrected chi connectivity index (χ4v) is 4.67. The molecule has 1 atom stereocenters. The van der Waals surface area contributed by atoms with Crippen molar-refractivity contribution in [1.82, 2.24) is 4.90 Å². The van der Waals surface area contributed by atoms with Crippen molar-refractivity contribution in [3.8, 4) is 0 Å². The van der Waals surface area contributed by atoms with Crippen LogP contribution in [0.5, 0.6) is 0 Å². The van der Waals surface area contributed by atoms with Crippen LogP contribution in [0.3, 0.4) is 0 Å². The molecule has 1 aromatic heterocycles. The van der Waals surface area contributed by atoms with E-state index in [1.165, 1.54) is 17.0 Å². The molecule has 2 heterocycles. The van der Waals surface area contributed by atoms with Crippen molar-refractivity contribution >= 4 is 33.2 Å². The van der Waals surface area contributed by atoms with Gasteiger partial charge in [-0.1, -0.05) is 12.1 Å². The second-order valence-corrected chi connectivity index (χ2v) is 8.24. The van der Waals surface area contributed by atoms with Gasteiger partial charge in [-0.25, -0.2) is 4.39 Å². The van der Waals surface area contributed by atoms with Crippen LogP contribution >= 0.6 is 27.3 Å². The highest BCUT2D eigenvalue weighted by atomic mass is 79.9. The Balaban J connectivity index is 1.87. The van der Waals surface area contributed by atoms with E-state index >= 15 is 0 Å². The Hall–Kier alpha value is -1.24. The molecule has 1 saturated heterocycles. The van der Waals surface area contributed by atoms with Crippen LogP contribution in [0.15, 0.2) is 40.2 Å². The zero-order chi connectivity index (χ0) is 16.4. The first-order chi connectivity index (χ1) is 11.0. The molecular formula is C17H17BrFNO2S. The molecule has 1 N–H and O–H groups in total. The monoisotopic (exact) mass is 397 g/mol. The Bertz CT molecular complexity index is 680. The average Bonchev–Trinajstić information content (AvgIpc) is 2.96. The van der Waals surface area contributed by atoms with E-state index in [1.807, 2.05) is 18.2 Å². The van der Waals surface area contributed by atoms with Crippen LogP contribution < -0.4 is 0 Å². The SMILES string of the molecule is O=C(O)C1CCN(C(c2ccc(F)cc2)c2ccc(Br)s2)CC1. The lowest BCUT2D eigenvalue weighted by atomic mass is 9.94. The van der Waals surface area contributed by atoms with Crippen molar-refractivity contribution in [2.45, 2.75) is 18.9 Å². The maximum absolute atomic E-state index is 13.3. The molecule has 1 aliphatic rings. The topological polar surface area (TPSA) is 40.5 Å². The third kappa shape index (κ3) is 3.82. The van der Waals surface area contributed by atoms with Gasteiger partial charge in [0, 0.05) is 4.88 Å². The van der Waals surface area contributed by atoms with Gasteiger partial charge in [-0.2, -0.15) is 0 Å². The second-order valence-electron chi connectivity index (χ2n) is 5.74. The van der Waals surface area contributed by atoms with Crippen LogP contribution in [0, 0.1) is 11.7 Å². The average molecular weight is 398 g/mol. The summed E-state index contributed by atoms with van der Waals surface area (Å²) >= 11 is 5.16. The first-order valence-corrected chi connectivity index (χ1v) is 9.13. The second kappa shape index (κ2) is 7.11. The normalized spacial score (nSPS) is 18.0. The molecule has 0 bridgehead atoms. The number of likely N-dealkylation sites (tertiary alicyclic amines) is 1. The van der Waals surface area contributed by atoms with Crippen molar-refractivity contribution in [2.75, 3.05) is 13.1 Å². The van der Waals surface area contributed by atoms with E-state index in [9.17, 15) is 9.18 Å². The summed E-state index contributed by atoms with van der Waals surface area (Å²) in [5.74, 6) is -1.21. The minimum absolute atomic E-state index is 0.0432. The minimum Gasteiger partial charge on any atom is -0.481 e. The van der Waals surface area contributed by atoms with Gasteiger partial charge in [0.05, 0.1) is 15.7 Å². The standard InChI is InChI=1S/C17H17BrFNO2S/c18-15-6-5-14(23-15)16(11-1-3-13(19)4-2-11)20-9-7-12(8-10-20)17(21)22/h1-6,12,16H,7-10H2,(H,21,22). The lowest BCUT2D eigenvalue weighted by Crippen LogP contribution is -2.39. The van der Waals surface area contributed by atoms with Crippen molar-refractivity contribution in [1.29, 1.82) is 0 Å². The van der Waals surface area contributed by atoms with E-state index in [-0.39, 0.29) is 17.8 Å². The zero-order valence-electron chi connectivity index (χ0n) is 12.4. The number of thiophene rings is 1. The van der Waals surface area contributed by atoms with E-state index in [0.29, 0.717) is 12.8 Å². The molecule has 1 unspecified atom stereocenters. The quantitative estimate of drug-likeness (QED) is 0.823. The smallest absolute Gasteiger partial charge is 0.306 e. The van der Waals surface area contributed by atoms with Gasteiger partial charge in [0.1, 0.15) is 5.82 Å². The Kier molecular flexibility index (Phi) is 5.14. The summed E-state index contributed by atoms with van der Waals surface area (Å²) in [4.78, 5) is 14.6. The number of halogens is 2. The zero-order valence-corrected chi connectivity index (χ0v) is 14.8. The number of benzene rings is 1. The van der Waals surface area contributed by atoms with Crippen LogP contribution in [0.2, 0.25) is 0 Å². The molecule has 1 aromatic carbocycles. The van der Waals surface area contributed by atoms with Gasteiger partial charge in [0.25, 0.3) is 0 Å². The lowest BCUT2D eigenvalue weighted by Gasteiger charge is -2.36. The van der Waals surface area contributed by atoms with Crippen molar-refractivity contribution in [3.05, 3.63) is 56.4 Å². The summed E-state index contributed by atoms with van der Waals surface area (Å²) in [5, 5.41) is 9.17. The van der Waals surface area contributed by atoms with Gasteiger partial charge in [0.15, 0.2) is 0 Å². The van der Waals surface area contributed by atoms with Crippen LogP contribution in [-0.2, 0) is 4.79 Å². The summed E-state index contributed by atoms with van der Waals surface area (Å²) in [6.45, 7) is 1.46. The lowest BCUT2D eigenvalue weighted by molar-refractivity contribution is -0.143. The molecule has 122 valence electrons. The van der Waals surface area contributed by atoms with Gasteiger partial charge in [0.2, 0.25) is 0 Å². The Morgan fingerprint density at radius 1 is 1.22 bits per heavy atom. The molecule has 1 aliphatic heterocycles. The summed E-state index contributed by atoms with van der Waals surface area (Å²) in [7, 11) is 0. The van der Waals surface area contributed by atoms with E-state index in [4.69, 9.17) is 5.11 Å². The molecule has 2 aromatic rings. The molecule has 6 heteroatoms. The van der Waals surface area contributed by atoms with Crippen molar-refractivity contribution < 1.29 is 14.3 Å². The maximum atomic E-state index is 13.3. The predicted octanol–water partition coefficient (Wildman–Crippen LogP) is 4.54. The molecule has 0 amide bonds. The first kappa shape index (κ1) is 16.6. The molecule has 23 heavy (non-hydrogen) atoms. The van der Waals surface area contributed by atoms with Gasteiger partial charge < -0.3 is 5.11 Å². The van der Waals surface area contributed by atoms with Gasteiger partial charge in [-0.3, -0.25) is 9.69 Å². The number of nitrogens with zero attached hydrogens (tertiary/aromatic N) is 1. The molecule has 0 aliphatic carbocycles. The van der Waals surface area contributed by atoms with Crippen LogP contribution in [0.1, 0.15) is 29.3 Å². The largest absolute Gasteiger partial charge is 0.481 e. The Morgan fingerprint density at radius 3 is 2.39 bits per heavy atom. The predicted molar refractivity (Wildman–Crippen MR) is 92.2 cm³/mol. The Labute approximate surface area is 146 Å². The number of carboxylic acids is 1.